The average Bonchev–Trinajstić information content (AvgIpc) is 2.70. The zero-order chi connectivity index (χ0) is 14.7. The fraction of sp³-hybridized carbons (Fsp3) is 0.500. The molecule has 3 N–H and O–H groups in total. The third-order valence-electron chi connectivity index (χ3n) is 3.43. The van der Waals surface area contributed by atoms with Crippen molar-refractivity contribution in [2.24, 2.45) is 16.6 Å². The maximum Gasteiger partial charge on any atom is 0.193 e. The Bertz CT molecular complexity index is 507. The van der Waals surface area contributed by atoms with Gasteiger partial charge in [-0.2, -0.15) is 0 Å². The van der Waals surface area contributed by atoms with Crippen LogP contribution in [0.2, 0.25) is 0 Å². The van der Waals surface area contributed by atoms with Gasteiger partial charge in [-0.1, -0.05) is 0 Å². The minimum Gasteiger partial charge on any atom is -0.375 e. The quantitative estimate of drug-likeness (QED) is 0.662. The molecule has 3 unspecified atom stereocenters. The Kier molecular flexibility index (Phi) is 4.54. The molecule has 0 aliphatic carbocycles. The molecule has 0 radical (unpaired) electrons. The van der Waals surface area contributed by atoms with E-state index in [0.717, 1.165) is 24.6 Å². The SMILES string of the molecule is CC1CC(CN=C(N)Nc2cc(F)ccc2F)C(C)O1. The number of aliphatic imine (C=N–C) groups is 1. The Balaban J connectivity index is 1.96. The molecule has 20 heavy (non-hydrogen) atoms. The standard InChI is InChI=1S/C14H19F2N3O/c1-8-5-10(9(2)20-8)7-18-14(17)19-13-6-11(15)3-4-12(13)16/h3-4,6,8-10H,5,7H2,1-2H3,(H3,17,18,19). The van der Waals surface area contributed by atoms with Gasteiger partial charge < -0.3 is 15.8 Å². The topological polar surface area (TPSA) is 59.6 Å². The molecule has 1 fully saturated rings. The number of rotatable bonds is 3. The van der Waals surface area contributed by atoms with Gasteiger partial charge in [0.05, 0.1) is 17.9 Å². The molecule has 0 amide bonds. The third-order valence-corrected chi connectivity index (χ3v) is 3.43. The smallest absolute Gasteiger partial charge is 0.193 e. The van der Waals surface area contributed by atoms with Crippen molar-refractivity contribution < 1.29 is 13.5 Å². The lowest BCUT2D eigenvalue weighted by Crippen LogP contribution is -2.25. The predicted molar refractivity (Wildman–Crippen MR) is 74.6 cm³/mol. The van der Waals surface area contributed by atoms with Crippen LogP contribution in [-0.2, 0) is 4.74 Å². The van der Waals surface area contributed by atoms with Gasteiger partial charge >= 0.3 is 0 Å². The van der Waals surface area contributed by atoms with Crippen LogP contribution in [0.1, 0.15) is 20.3 Å². The Morgan fingerprint density at radius 2 is 2.20 bits per heavy atom. The van der Waals surface area contributed by atoms with Crippen molar-refractivity contribution in [2.75, 3.05) is 11.9 Å². The van der Waals surface area contributed by atoms with Gasteiger partial charge in [0.1, 0.15) is 11.6 Å². The van der Waals surface area contributed by atoms with E-state index in [9.17, 15) is 8.78 Å². The van der Waals surface area contributed by atoms with Crippen LogP contribution < -0.4 is 11.1 Å². The highest BCUT2D eigenvalue weighted by atomic mass is 19.1. The second-order valence-corrected chi connectivity index (χ2v) is 5.12. The summed E-state index contributed by atoms with van der Waals surface area (Å²) in [6.07, 6.45) is 1.28. The monoisotopic (exact) mass is 283 g/mol. The van der Waals surface area contributed by atoms with Crippen molar-refractivity contribution in [3.63, 3.8) is 0 Å². The number of guanidine groups is 1. The summed E-state index contributed by atoms with van der Waals surface area (Å²) in [5.74, 6) is -0.743. The molecule has 0 spiro atoms. The van der Waals surface area contributed by atoms with Gasteiger partial charge in [-0.25, -0.2) is 8.78 Å². The van der Waals surface area contributed by atoms with Crippen LogP contribution in [0.25, 0.3) is 0 Å². The van der Waals surface area contributed by atoms with Crippen molar-refractivity contribution in [3.05, 3.63) is 29.8 Å². The third kappa shape index (κ3) is 3.66. The second-order valence-electron chi connectivity index (χ2n) is 5.12. The molecule has 1 heterocycles. The summed E-state index contributed by atoms with van der Waals surface area (Å²) in [5, 5.41) is 2.57. The van der Waals surface area contributed by atoms with E-state index in [1.165, 1.54) is 0 Å². The number of benzene rings is 1. The lowest BCUT2D eigenvalue weighted by atomic mass is 10.0. The molecular formula is C14H19F2N3O. The van der Waals surface area contributed by atoms with Crippen molar-refractivity contribution in [2.45, 2.75) is 32.5 Å². The molecule has 0 aromatic heterocycles. The first-order valence-electron chi connectivity index (χ1n) is 6.63. The Labute approximate surface area is 117 Å². The first-order chi connectivity index (χ1) is 9.45. The number of nitrogens with one attached hydrogen (secondary N) is 1. The number of nitrogens with zero attached hydrogens (tertiary/aromatic N) is 1. The number of ether oxygens (including phenoxy) is 1. The van der Waals surface area contributed by atoms with Crippen molar-refractivity contribution >= 4 is 11.6 Å². The lowest BCUT2D eigenvalue weighted by Gasteiger charge is -2.12. The molecule has 1 aliphatic heterocycles. The van der Waals surface area contributed by atoms with Crippen LogP contribution >= 0.6 is 0 Å². The fourth-order valence-electron chi connectivity index (χ4n) is 2.36. The molecule has 110 valence electrons. The second kappa shape index (κ2) is 6.17. The number of anilines is 1. The molecule has 1 aromatic carbocycles. The molecule has 0 saturated carbocycles. The summed E-state index contributed by atoms with van der Waals surface area (Å²) in [4.78, 5) is 4.17. The van der Waals surface area contributed by atoms with Crippen LogP contribution in [0.5, 0.6) is 0 Å². The molecule has 3 atom stereocenters. The van der Waals surface area contributed by atoms with Gasteiger partial charge in [0.25, 0.3) is 0 Å². The molecule has 4 nitrogen and oxygen atoms in total. The van der Waals surface area contributed by atoms with Crippen LogP contribution in [0.4, 0.5) is 14.5 Å². The van der Waals surface area contributed by atoms with Gasteiger partial charge in [0, 0.05) is 18.5 Å². The number of hydrogen-bond donors (Lipinski definition) is 2. The van der Waals surface area contributed by atoms with E-state index in [-0.39, 0.29) is 23.9 Å². The minimum absolute atomic E-state index is 0.0182. The summed E-state index contributed by atoms with van der Waals surface area (Å²) in [6.45, 7) is 4.52. The molecule has 0 bridgehead atoms. The Morgan fingerprint density at radius 1 is 1.45 bits per heavy atom. The van der Waals surface area contributed by atoms with E-state index in [0.29, 0.717) is 12.5 Å². The zero-order valence-electron chi connectivity index (χ0n) is 11.6. The first kappa shape index (κ1) is 14.7. The minimum atomic E-state index is -0.573. The van der Waals surface area contributed by atoms with Crippen LogP contribution in [-0.4, -0.2) is 24.7 Å². The van der Waals surface area contributed by atoms with Gasteiger partial charge in [-0.3, -0.25) is 4.99 Å². The lowest BCUT2D eigenvalue weighted by molar-refractivity contribution is 0.0570. The number of halogens is 2. The van der Waals surface area contributed by atoms with Gasteiger partial charge in [-0.05, 0) is 32.4 Å². The first-order valence-corrected chi connectivity index (χ1v) is 6.63. The normalized spacial score (nSPS) is 26.8. The summed E-state index contributed by atoms with van der Waals surface area (Å²) in [7, 11) is 0. The molecule has 2 rings (SSSR count). The van der Waals surface area contributed by atoms with Gasteiger partial charge in [0.15, 0.2) is 5.96 Å². The average molecular weight is 283 g/mol. The van der Waals surface area contributed by atoms with E-state index in [4.69, 9.17) is 10.5 Å². The maximum atomic E-state index is 13.4. The Morgan fingerprint density at radius 3 is 2.85 bits per heavy atom. The fourth-order valence-corrected chi connectivity index (χ4v) is 2.36. The summed E-state index contributed by atoms with van der Waals surface area (Å²) in [6, 6.07) is 3.13. The molecule has 1 aliphatic rings. The summed E-state index contributed by atoms with van der Waals surface area (Å²) >= 11 is 0. The maximum absolute atomic E-state index is 13.4. The molecule has 1 aromatic rings. The number of nitrogens with two attached hydrogens (primary N) is 1. The van der Waals surface area contributed by atoms with Gasteiger partial charge in [-0.15, -0.1) is 0 Å². The van der Waals surface area contributed by atoms with Crippen molar-refractivity contribution in [1.29, 1.82) is 0 Å². The highest BCUT2D eigenvalue weighted by Gasteiger charge is 2.29. The highest BCUT2D eigenvalue weighted by Crippen LogP contribution is 2.26. The highest BCUT2D eigenvalue weighted by molar-refractivity contribution is 5.92. The Hall–Kier alpha value is -1.69. The van der Waals surface area contributed by atoms with E-state index < -0.39 is 11.6 Å². The zero-order valence-corrected chi connectivity index (χ0v) is 11.6. The predicted octanol–water partition coefficient (Wildman–Crippen LogP) is 2.50. The van der Waals surface area contributed by atoms with E-state index in [2.05, 4.69) is 10.3 Å². The summed E-state index contributed by atoms with van der Waals surface area (Å²) in [5.41, 5.74) is 5.67. The molecule has 1 saturated heterocycles. The van der Waals surface area contributed by atoms with E-state index in [1.807, 2.05) is 13.8 Å². The van der Waals surface area contributed by atoms with Crippen LogP contribution in [0, 0.1) is 17.6 Å². The van der Waals surface area contributed by atoms with Gasteiger partial charge in [0.2, 0.25) is 0 Å². The van der Waals surface area contributed by atoms with Crippen LogP contribution in [0.15, 0.2) is 23.2 Å². The number of hydrogen-bond acceptors (Lipinski definition) is 2. The van der Waals surface area contributed by atoms with Crippen molar-refractivity contribution in [1.82, 2.24) is 0 Å². The largest absolute Gasteiger partial charge is 0.375 e. The van der Waals surface area contributed by atoms with E-state index in [1.54, 1.807) is 0 Å². The summed E-state index contributed by atoms with van der Waals surface area (Å²) < 4.78 is 32.1. The van der Waals surface area contributed by atoms with E-state index >= 15 is 0 Å². The van der Waals surface area contributed by atoms with Crippen molar-refractivity contribution in [3.8, 4) is 0 Å². The molecule has 6 heteroatoms. The molecular weight excluding hydrogens is 264 g/mol. The van der Waals surface area contributed by atoms with Crippen LogP contribution in [0.3, 0.4) is 0 Å².